The molecule has 6 nitrogen and oxygen atoms in total. The maximum absolute atomic E-state index is 14.9. The van der Waals surface area contributed by atoms with E-state index in [9.17, 15) is 23.6 Å². The van der Waals surface area contributed by atoms with Crippen LogP contribution in [-0.4, -0.2) is 33.9 Å². The van der Waals surface area contributed by atoms with Crippen LogP contribution >= 0.6 is 11.6 Å². The molecule has 2 heterocycles. The van der Waals surface area contributed by atoms with Gasteiger partial charge in [-0.15, -0.1) is 0 Å². The average molecular weight is 490 g/mol. The number of carbonyl (C=O) groups excluding carboxylic acids is 4. The van der Waals surface area contributed by atoms with Crippen LogP contribution in [0.2, 0.25) is 5.02 Å². The summed E-state index contributed by atoms with van der Waals surface area (Å²) in [5, 5.41) is 0.497. The minimum Gasteiger partial charge on any atom is -0.349 e. The molecule has 0 unspecified atom stereocenters. The molecule has 0 bridgehead atoms. The van der Waals surface area contributed by atoms with E-state index in [1.807, 2.05) is 0 Å². The number of ether oxygens (including phenoxy) is 1. The monoisotopic (exact) mass is 489 g/mol. The second-order valence-electron chi connectivity index (χ2n) is 8.89. The standard InChI is InChI=1S/C27H17ClFNO5/c28-15-11-9-14(10-12-15)13-30-25(33)20-21(26(30)34)27(35-22(20)18-7-3-4-8-19(18)29)23(31)16-5-1-2-6-17(16)24(27)32/h1-12,20-22H,13H2/t20-,21-,22+/m1/s1. The zero-order valence-electron chi connectivity index (χ0n) is 18.1. The Morgan fingerprint density at radius 2 is 1.43 bits per heavy atom. The lowest BCUT2D eigenvalue weighted by Crippen LogP contribution is -2.50. The van der Waals surface area contributed by atoms with Gasteiger partial charge in [-0.1, -0.05) is 66.2 Å². The van der Waals surface area contributed by atoms with Gasteiger partial charge in [0.1, 0.15) is 5.82 Å². The summed E-state index contributed by atoms with van der Waals surface area (Å²) in [5.74, 6) is -5.95. The molecule has 1 spiro atoms. The molecule has 35 heavy (non-hydrogen) atoms. The van der Waals surface area contributed by atoms with Crippen LogP contribution in [0.3, 0.4) is 0 Å². The lowest BCUT2D eigenvalue weighted by atomic mass is 9.77. The highest BCUT2D eigenvalue weighted by atomic mass is 35.5. The number of hydrogen-bond donors (Lipinski definition) is 0. The fraction of sp³-hybridized carbons (Fsp3) is 0.185. The number of halogens is 2. The molecule has 8 heteroatoms. The van der Waals surface area contributed by atoms with Crippen molar-refractivity contribution in [3.05, 3.63) is 106 Å². The Morgan fingerprint density at radius 1 is 0.829 bits per heavy atom. The fourth-order valence-electron chi connectivity index (χ4n) is 5.49. The molecule has 1 aliphatic carbocycles. The number of benzene rings is 3. The van der Waals surface area contributed by atoms with Gasteiger partial charge in [-0.3, -0.25) is 24.1 Å². The van der Waals surface area contributed by atoms with Gasteiger partial charge in [0.25, 0.3) is 0 Å². The van der Waals surface area contributed by atoms with Crippen LogP contribution in [0.25, 0.3) is 0 Å². The summed E-state index contributed by atoms with van der Waals surface area (Å²) in [7, 11) is 0. The lowest BCUT2D eigenvalue weighted by molar-refractivity contribution is -0.145. The maximum atomic E-state index is 14.9. The quantitative estimate of drug-likeness (QED) is 0.407. The molecule has 0 saturated carbocycles. The fourth-order valence-corrected chi connectivity index (χ4v) is 5.62. The summed E-state index contributed by atoms with van der Waals surface area (Å²) >= 11 is 5.95. The average Bonchev–Trinajstić information content (AvgIpc) is 3.42. The van der Waals surface area contributed by atoms with Crippen molar-refractivity contribution >= 4 is 35.0 Å². The molecule has 3 atom stereocenters. The zero-order valence-corrected chi connectivity index (χ0v) is 18.9. The van der Waals surface area contributed by atoms with Gasteiger partial charge in [-0.2, -0.15) is 0 Å². The van der Waals surface area contributed by atoms with Crippen LogP contribution in [0.1, 0.15) is 37.9 Å². The molecule has 2 fully saturated rings. The first-order valence-electron chi connectivity index (χ1n) is 11.0. The van der Waals surface area contributed by atoms with Crippen LogP contribution in [0.5, 0.6) is 0 Å². The lowest BCUT2D eigenvalue weighted by Gasteiger charge is -2.27. The summed E-state index contributed by atoms with van der Waals surface area (Å²) in [5.41, 5.74) is -1.31. The molecule has 0 aromatic heterocycles. The SMILES string of the molecule is O=C1[C@H]2[C@H](c3ccccc3F)OC3(C(=O)c4ccccc4C3=O)[C@H]2C(=O)N1Cc1ccc(Cl)cc1. The van der Waals surface area contributed by atoms with E-state index in [-0.39, 0.29) is 23.2 Å². The Kier molecular flexibility index (Phi) is 4.78. The van der Waals surface area contributed by atoms with Gasteiger partial charge in [-0.05, 0) is 23.8 Å². The van der Waals surface area contributed by atoms with Crippen LogP contribution < -0.4 is 0 Å². The van der Waals surface area contributed by atoms with E-state index >= 15 is 0 Å². The predicted octanol–water partition coefficient (Wildman–Crippen LogP) is 4.17. The number of rotatable bonds is 3. The minimum absolute atomic E-state index is 0.0189. The van der Waals surface area contributed by atoms with Crippen molar-refractivity contribution in [2.45, 2.75) is 18.2 Å². The van der Waals surface area contributed by atoms with Gasteiger partial charge in [0.05, 0.1) is 24.5 Å². The Morgan fingerprint density at radius 3 is 2.06 bits per heavy atom. The van der Waals surface area contributed by atoms with E-state index in [2.05, 4.69) is 0 Å². The third-order valence-electron chi connectivity index (χ3n) is 7.08. The molecule has 6 rings (SSSR count). The van der Waals surface area contributed by atoms with Crippen molar-refractivity contribution in [1.82, 2.24) is 4.90 Å². The maximum Gasteiger partial charge on any atom is 0.237 e. The van der Waals surface area contributed by atoms with Gasteiger partial charge in [0.15, 0.2) is 0 Å². The van der Waals surface area contributed by atoms with Crippen LogP contribution in [-0.2, 0) is 20.9 Å². The van der Waals surface area contributed by atoms with Crippen molar-refractivity contribution in [2.75, 3.05) is 0 Å². The summed E-state index contributed by atoms with van der Waals surface area (Å²) in [6, 6.07) is 18.5. The van der Waals surface area contributed by atoms with Crippen LogP contribution in [0, 0.1) is 17.7 Å². The van der Waals surface area contributed by atoms with Crippen molar-refractivity contribution in [1.29, 1.82) is 0 Å². The van der Waals surface area contributed by atoms with Gasteiger partial charge in [-0.25, -0.2) is 4.39 Å². The first kappa shape index (κ1) is 21.8. The van der Waals surface area contributed by atoms with Crippen molar-refractivity contribution in [3.8, 4) is 0 Å². The Balaban J connectivity index is 1.49. The summed E-state index contributed by atoms with van der Waals surface area (Å²) in [6.45, 7) is -0.0722. The number of nitrogens with zero attached hydrogens (tertiary/aromatic N) is 1. The van der Waals surface area contributed by atoms with Crippen LogP contribution in [0.4, 0.5) is 4.39 Å². The van der Waals surface area contributed by atoms with Crippen molar-refractivity contribution < 1.29 is 28.3 Å². The minimum atomic E-state index is -2.22. The zero-order chi connectivity index (χ0) is 24.5. The predicted molar refractivity (Wildman–Crippen MR) is 122 cm³/mol. The first-order chi connectivity index (χ1) is 16.8. The number of carbonyl (C=O) groups is 4. The molecule has 3 aromatic rings. The molecule has 2 saturated heterocycles. The second kappa shape index (κ2) is 7.66. The van der Waals surface area contributed by atoms with Crippen molar-refractivity contribution in [2.24, 2.45) is 11.8 Å². The molecule has 2 aliphatic heterocycles. The Labute approximate surface area is 204 Å². The molecule has 3 aromatic carbocycles. The van der Waals surface area contributed by atoms with Gasteiger partial charge >= 0.3 is 0 Å². The highest BCUT2D eigenvalue weighted by molar-refractivity contribution is 6.35. The van der Waals surface area contributed by atoms with Gasteiger partial charge < -0.3 is 4.74 Å². The third-order valence-corrected chi connectivity index (χ3v) is 7.33. The van der Waals surface area contributed by atoms with E-state index in [0.717, 1.165) is 4.90 Å². The van der Waals surface area contributed by atoms with E-state index < -0.39 is 52.7 Å². The highest BCUT2D eigenvalue weighted by Gasteiger charge is 2.74. The number of imide groups is 1. The van der Waals surface area contributed by atoms with Gasteiger partial charge in [0.2, 0.25) is 29.0 Å². The molecule has 3 aliphatic rings. The molecule has 2 amide bonds. The first-order valence-corrected chi connectivity index (χ1v) is 11.4. The Bertz CT molecular complexity index is 1400. The van der Waals surface area contributed by atoms with Crippen LogP contribution in [0.15, 0.2) is 72.8 Å². The number of Topliss-reactive ketones (excluding diaryl/α,β-unsaturated/α-hetero) is 2. The summed E-state index contributed by atoms with van der Waals surface area (Å²) in [4.78, 5) is 55.7. The molecule has 0 radical (unpaired) electrons. The number of amides is 2. The smallest absolute Gasteiger partial charge is 0.237 e. The normalized spacial score (nSPS) is 24.4. The summed E-state index contributed by atoms with van der Waals surface area (Å²) < 4.78 is 20.9. The number of ketones is 2. The molecule has 0 N–H and O–H groups in total. The summed E-state index contributed by atoms with van der Waals surface area (Å²) in [6.07, 6.45) is -1.28. The molecular weight excluding hydrogens is 473 g/mol. The number of fused-ring (bicyclic) bond motifs is 3. The highest BCUT2D eigenvalue weighted by Crippen LogP contribution is 2.57. The second-order valence-corrected chi connectivity index (χ2v) is 9.33. The van der Waals surface area contributed by atoms with Crippen molar-refractivity contribution in [3.63, 3.8) is 0 Å². The molecule has 174 valence electrons. The largest absolute Gasteiger partial charge is 0.349 e. The van der Waals surface area contributed by atoms with E-state index in [1.54, 1.807) is 42.5 Å². The molecular formula is C27H17ClFNO5. The topological polar surface area (TPSA) is 80.8 Å². The van der Waals surface area contributed by atoms with E-state index in [1.165, 1.54) is 30.3 Å². The van der Waals surface area contributed by atoms with E-state index in [0.29, 0.717) is 10.6 Å². The third kappa shape index (κ3) is 2.92. The van der Waals surface area contributed by atoms with Gasteiger partial charge in [0, 0.05) is 21.7 Å². The Hall–Kier alpha value is -3.68. The number of likely N-dealkylation sites (tertiary alicyclic amines) is 1. The number of hydrogen-bond acceptors (Lipinski definition) is 5. The van der Waals surface area contributed by atoms with E-state index in [4.69, 9.17) is 16.3 Å².